The molecule has 2 aliphatic rings. The van der Waals surface area contributed by atoms with Crippen molar-refractivity contribution in [1.29, 1.82) is 0 Å². The van der Waals surface area contributed by atoms with Crippen LogP contribution in [0.5, 0.6) is 57.5 Å². The van der Waals surface area contributed by atoms with Crippen molar-refractivity contribution in [3.05, 3.63) is 94.1 Å². The number of carbonyl (C=O) groups is 2. The van der Waals surface area contributed by atoms with Gasteiger partial charge in [-0.1, -0.05) is 12.2 Å². The number of rotatable bonds is 28. The van der Waals surface area contributed by atoms with Crippen LogP contribution >= 0.6 is 0 Å². The molecule has 77 heavy (non-hydrogen) atoms. The number of allylic oxidation sites excluding steroid dienone is 2. The topological polar surface area (TPSA) is 165 Å². The zero-order valence-electron chi connectivity index (χ0n) is 46.9. The number of fused-ring (bicyclic) bond motifs is 2. The summed E-state index contributed by atoms with van der Waals surface area (Å²) in [7, 11) is 20.4. The van der Waals surface area contributed by atoms with Crippen molar-refractivity contribution in [1.82, 2.24) is 0 Å². The third kappa shape index (κ3) is 15.0. The number of hydrogen-bond acceptors (Lipinski definition) is 15. The fraction of sp³-hybridized carbons (Fsp3) is 0.517. The van der Waals surface area contributed by atoms with Crippen LogP contribution in [0.4, 0.5) is 0 Å². The molecule has 5 atom stereocenters. The SMILES string of the molecule is COc1cc2c(cc1OC)C(Cc1cc(OC)c(OC)c(OC)c1)[N+](C)(CCCOC(=O)CC/C=C\CCC(=O)OCCC[N+]1(C)CCc3cc(OC)c(OC)cc3C1C(O)c1cc(OC)c(OC)c(OC)c1)CC2.[Cl-].[Cl-]. The number of quaternary nitrogens is 2. The van der Waals surface area contributed by atoms with Crippen molar-refractivity contribution in [3.63, 3.8) is 0 Å². The molecule has 0 saturated heterocycles. The van der Waals surface area contributed by atoms with Crippen LogP contribution in [-0.2, 0) is 38.3 Å². The zero-order valence-corrected chi connectivity index (χ0v) is 48.4. The van der Waals surface area contributed by atoms with Crippen molar-refractivity contribution in [3.8, 4) is 57.5 Å². The summed E-state index contributed by atoms with van der Waals surface area (Å²) in [6.07, 6.45) is 7.83. The van der Waals surface area contributed by atoms with Crippen molar-refractivity contribution >= 4 is 11.9 Å². The van der Waals surface area contributed by atoms with E-state index in [0.717, 1.165) is 53.6 Å². The molecule has 4 aromatic rings. The number of hydrogen-bond donors (Lipinski definition) is 1. The van der Waals surface area contributed by atoms with Gasteiger partial charge in [0.15, 0.2) is 46.0 Å². The van der Waals surface area contributed by atoms with Gasteiger partial charge >= 0.3 is 11.9 Å². The van der Waals surface area contributed by atoms with Crippen molar-refractivity contribution < 1.29 is 105 Å². The lowest BCUT2D eigenvalue weighted by Crippen LogP contribution is -3.00. The molecule has 0 fully saturated rings. The lowest BCUT2D eigenvalue weighted by atomic mass is 9.84. The molecule has 4 aromatic carbocycles. The van der Waals surface area contributed by atoms with Gasteiger partial charge in [0.25, 0.3) is 0 Å². The summed E-state index contributed by atoms with van der Waals surface area (Å²) < 4.78 is 69.3. The minimum absolute atomic E-state index is 0. The Bertz CT molecular complexity index is 2560. The van der Waals surface area contributed by atoms with Crippen LogP contribution in [0.1, 0.15) is 90.1 Å². The predicted molar refractivity (Wildman–Crippen MR) is 283 cm³/mol. The van der Waals surface area contributed by atoms with E-state index in [0.29, 0.717) is 113 Å². The van der Waals surface area contributed by atoms with Crippen molar-refractivity contribution in [2.75, 3.05) is 125 Å². The number of likely N-dealkylation sites (N-methyl/N-ethyl adjacent to an activating group) is 2. The lowest BCUT2D eigenvalue weighted by Gasteiger charge is -2.47. The molecule has 2 aliphatic heterocycles. The number of aliphatic hydroxyl groups is 1. The first-order valence-corrected chi connectivity index (χ1v) is 25.6. The molecule has 0 aromatic heterocycles. The smallest absolute Gasteiger partial charge is 0.306 e. The highest BCUT2D eigenvalue weighted by molar-refractivity contribution is 5.70. The maximum absolute atomic E-state index is 12.9. The van der Waals surface area contributed by atoms with Gasteiger partial charge in [-0.3, -0.25) is 9.59 Å². The second-order valence-electron chi connectivity index (χ2n) is 19.5. The molecule has 2 heterocycles. The fourth-order valence-electron chi connectivity index (χ4n) is 10.9. The van der Waals surface area contributed by atoms with E-state index in [-0.39, 0.29) is 62.2 Å². The van der Waals surface area contributed by atoms with E-state index in [4.69, 9.17) is 56.8 Å². The Morgan fingerprint density at radius 2 is 0.922 bits per heavy atom. The summed E-state index contributed by atoms with van der Waals surface area (Å²) in [5.74, 6) is 5.08. The first-order valence-electron chi connectivity index (χ1n) is 25.6. The van der Waals surface area contributed by atoms with Gasteiger partial charge in [0.1, 0.15) is 18.2 Å². The Hall–Kier alpha value is -5.98. The Morgan fingerprint density at radius 3 is 1.36 bits per heavy atom. The quantitative estimate of drug-likeness (QED) is 0.0382. The maximum Gasteiger partial charge on any atom is 0.306 e. The van der Waals surface area contributed by atoms with Crippen LogP contribution in [0.15, 0.2) is 60.7 Å². The van der Waals surface area contributed by atoms with Gasteiger partial charge in [0.05, 0.1) is 125 Å². The van der Waals surface area contributed by atoms with Crippen molar-refractivity contribution in [2.24, 2.45) is 0 Å². The van der Waals surface area contributed by atoms with Crippen LogP contribution in [0.2, 0.25) is 0 Å². The Morgan fingerprint density at radius 1 is 0.532 bits per heavy atom. The van der Waals surface area contributed by atoms with E-state index in [9.17, 15) is 14.7 Å². The van der Waals surface area contributed by atoms with Crippen LogP contribution in [0, 0.1) is 0 Å². The zero-order chi connectivity index (χ0) is 54.3. The summed E-state index contributed by atoms with van der Waals surface area (Å²) in [5.41, 5.74) is 6.05. The molecule has 0 radical (unpaired) electrons. The maximum atomic E-state index is 12.9. The highest BCUT2D eigenvalue weighted by Crippen LogP contribution is 2.50. The van der Waals surface area contributed by atoms with Gasteiger partial charge in [-0.05, 0) is 83.6 Å². The highest BCUT2D eigenvalue weighted by atomic mass is 35.5. The van der Waals surface area contributed by atoms with E-state index in [2.05, 4.69) is 26.2 Å². The third-order valence-electron chi connectivity index (χ3n) is 15.0. The fourth-order valence-corrected chi connectivity index (χ4v) is 10.9. The van der Waals surface area contributed by atoms with E-state index in [1.54, 1.807) is 83.2 Å². The van der Waals surface area contributed by atoms with Gasteiger partial charge in [0.2, 0.25) is 11.5 Å². The molecule has 426 valence electrons. The molecule has 0 spiro atoms. The minimum Gasteiger partial charge on any atom is -1.00 e. The largest absolute Gasteiger partial charge is 1.00 e. The lowest BCUT2D eigenvalue weighted by molar-refractivity contribution is -0.946. The Kier molecular flexibility index (Phi) is 24.5. The number of esters is 2. The summed E-state index contributed by atoms with van der Waals surface area (Å²) in [6, 6.07) is 15.3. The summed E-state index contributed by atoms with van der Waals surface area (Å²) in [6.45, 7) is 3.56. The van der Waals surface area contributed by atoms with E-state index in [1.165, 1.54) is 11.1 Å². The predicted octanol–water partition coefficient (Wildman–Crippen LogP) is 2.53. The summed E-state index contributed by atoms with van der Waals surface area (Å²) in [4.78, 5) is 25.7. The third-order valence-corrected chi connectivity index (χ3v) is 15.0. The molecule has 0 aliphatic carbocycles. The molecule has 0 bridgehead atoms. The van der Waals surface area contributed by atoms with Crippen molar-refractivity contribution in [2.45, 2.75) is 76.0 Å². The first kappa shape index (κ1) is 63.6. The minimum atomic E-state index is -0.982. The standard InChI is InChI=1S/C58H80N2O15.2ClH/c1-59(25-21-39-32-45(64-3)47(66-5)36-42(39)44(59)29-38-30-49(68-7)57(72-11)50(31-38)69-8)23-17-27-74-53(61)19-15-13-14-16-20-54(62)75-28-18-24-60(2)26-22-40-33-46(65-4)48(67-6)37-43(40)55(60)56(63)41-34-51(70-9)58(73-12)52(35-41)71-10;;/h13-14,30-37,44,55-56,63H,15-29H2,1-12H3;2*1H/q+2;;/p-2/b14-13-;;. The number of aliphatic hydroxyl groups excluding tert-OH is 1. The van der Waals surface area contributed by atoms with E-state index in [1.807, 2.05) is 36.4 Å². The van der Waals surface area contributed by atoms with Gasteiger partial charge in [-0.25, -0.2) is 0 Å². The van der Waals surface area contributed by atoms with Crippen LogP contribution in [0.25, 0.3) is 0 Å². The van der Waals surface area contributed by atoms with Gasteiger partial charge < -0.3 is 95.7 Å². The summed E-state index contributed by atoms with van der Waals surface area (Å²) in [5, 5.41) is 12.3. The molecular weight excluding hydrogens is 1040 g/mol. The Balaban J connectivity index is 0.00000640. The number of ether oxygens (including phenoxy) is 12. The average Bonchev–Trinajstić information content (AvgIpc) is 3.46. The molecule has 5 unspecified atom stereocenters. The number of carbonyl (C=O) groups excluding carboxylic acids is 2. The number of methoxy groups -OCH3 is 10. The molecule has 0 amide bonds. The normalized spacial score (nSPS) is 18.7. The average molecular weight is 1120 g/mol. The van der Waals surface area contributed by atoms with Gasteiger partial charge in [0, 0.05) is 56.1 Å². The second-order valence-corrected chi connectivity index (χ2v) is 19.5. The molecular formula is C58H80Cl2N2O15. The van der Waals surface area contributed by atoms with E-state index >= 15 is 0 Å². The van der Waals surface area contributed by atoms with Crippen LogP contribution < -0.4 is 72.2 Å². The molecule has 17 nitrogen and oxygen atoms in total. The number of nitrogens with zero attached hydrogens (tertiary/aromatic N) is 2. The highest BCUT2D eigenvalue weighted by Gasteiger charge is 2.45. The Labute approximate surface area is 467 Å². The second kappa shape index (κ2) is 29.7. The number of halogens is 2. The van der Waals surface area contributed by atoms with E-state index < -0.39 is 12.1 Å². The van der Waals surface area contributed by atoms with Crippen LogP contribution in [0.3, 0.4) is 0 Å². The van der Waals surface area contributed by atoms with Gasteiger partial charge in [-0.2, -0.15) is 0 Å². The summed E-state index contributed by atoms with van der Waals surface area (Å²) >= 11 is 0. The first-order chi connectivity index (χ1) is 36.2. The van der Waals surface area contributed by atoms with Gasteiger partial charge in [-0.15, -0.1) is 0 Å². The monoisotopic (exact) mass is 1110 g/mol. The number of benzene rings is 4. The molecule has 1 N–H and O–H groups in total. The molecule has 19 heteroatoms. The van der Waals surface area contributed by atoms with Crippen LogP contribution in [-0.4, -0.2) is 151 Å². The molecule has 6 rings (SSSR count). The molecule has 0 saturated carbocycles.